The van der Waals surface area contributed by atoms with Gasteiger partial charge >= 0.3 is 6.01 Å². The van der Waals surface area contributed by atoms with E-state index >= 15 is 0 Å². The van der Waals surface area contributed by atoms with Crippen molar-refractivity contribution < 1.29 is 9.47 Å². The Balaban J connectivity index is 2.03. The zero-order valence-corrected chi connectivity index (χ0v) is 11.8. The van der Waals surface area contributed by atoms with Crippen LogP contribution in [-0.2, 0) is 0 Å². The van der Waals surface area contributed by atoms with E-state index in [9.17, 15) is 0 Å². The second-order valence-electron chi connectivity index (χ2n) is 4.53. The molecule has 1 aromatic heterocycles. The zero-order valence-electron chi connectivity index (χ0n) is 11.8. The third-order valence-corrected chi connectivity index (χ3v) is 3.07. The first-order valence-corrected chi connectivity index (χ1v) is 6.91. The van der Waals surface area contributed by atoms with E-state index in [2.05, 4.69) is 15.0 Å². The summed E-state index contributed by atoms with van der Waals surface area (Å²) in [5, 5.41) is 0. The number of nitrogens with two attached hydrogens (primary N) is 1. The van der Waals surface area contributed by atoms with Crippen LogP contribution in [-0.4, -0.2) is 34.7 Å². The van der Waals surface area contributed by atoms with Crippen LogP contribution in [0.4, 0.5) is 17.6 Å². The van der Waals surface area contributed by atoms with Crippen LogP contribution in [0.2, 0.25) is 0 Å². The molecule has 0 spiro atoms. The highest BCUT2D eigenvalue weighted by atomic mass is 16.5. The van der Waals surface area contributed by atoms with Gasteiger partial charge in [0.2, 0.25) is 11.9 Å². The highest BCUT2D eigenvalue weighted by Gasteiger charge is 2.21. The van der Waals surface area contributed by atoms with E-state index in [1.807, 2.05) is 36.1 Å². The molecule has 3 rings (SSSR count). The topological polar surface area (TPSA) is 86.4 Å². The van der Waals surface area contributed by atoms with E-state index in [-0.39, 0.29) is 12.0 Å². The van der Waals surface area contributed by atoms with Crippen LogP contribution in [0.5, 0.6) is 11.8 Å². The fourth-order valence-corrected chi connectivity index (χ4v) is 2.21. The monoisotopic (exact) mass is 287 g/mol. The van der Waals surface area contributed by atoms with Crippen molar-refractivity contribution in [2.75, 3.05) is 30.4 Å². The first-order chi connectivity index (χ1) is 10.3. The molecule has 0 amide bonds. The molecule has 0 radical (unpaired) electrons. The molecule has 7 nitrogen and oxygen atoms in total. The molecule has 1 aliphatic rings. The quantitative estimate of drug-likeness (QED) is 0.920. The van der Waals surface area contributed by atoms with Gasteiger partial charge < -0.3 is 20.1 Å². The first-order valence-electron chi connectivity index (χ1n) is 6.91. The van der Waals surface area contributed by atoms with Crippen molar-refractivity contribution in [1.29, 1.82) is 0 Å². The second kappa shape index (κ2) is 5.82. The number of nitrogen functional groups attached to an aromatic ring is 1. The average Bonchev–Trinajstić information content (AvgIpc) is 2.69. The Kier molecular flexibility index (Phi) is 3.72. The predicted octanol–water partition coefficient (Wildman–Crippen LogP) is 1.77. The Bertz CT molecular complexity index is 635. The summed E-state index contributed by atoms with van der Waals surface area (Å²) in [4.78, 5) is 14.5. The second-order valence-corrected chi connectivity index (χ2v) is 4.53. The van der Waals surface area contributed by atoms with E-state index in [4.69, 9.17) is 15.2 Å². The summed E-state index contributed by atoms with van der Waals surface area (Å²) in [6.45, 7) is 3.75. The molecule has 2 heterocycles. The maximum atomic E-state index is 5.76. The summed E-state index contributed by atoms with van der Waals surface area (Å²) in [7, 11) is 0. The Labute approximate surface area is 122 Å². The minimum absolute atomic E-state index is 0.145. The molecule has 1 aromatic carbocycles. The van der Waals surface area contributed by atoms with E-state index in [0.29, 0.717) is 19.2 Å². The molecule has 110 valence electrons. The number of aromatic nitrogens is 3. The van der Waals surface area contributed by atoms with Crippen LogP contribution in [0.3, 0.4) is 0 Å². The molecule has 1 aliphatic heterocycles. The lowest BCUT2D eigenvalue weighted by molar-refractivity contribution is 0.312. The van der Waals surface area contributed by atoms with Crippen LogP contribution < -0.4 is 20.1 Å². The SMILES string of the molecule is CCOc1nc(N)nc(N2CCCOc3ccccc32)n1. The molecule has 0 bridgehead atoms. The Morgan fingerprint density at radius 1 is 1.29 bits per heavy atom. The highest BCUT2D eigenvalue weighted by molar-refractivity contribution is 5.66. The molecule has 0 unspecified atom stereocenters. The number of benzene rings is 1. The molecule has 2 N–H and O–H groups in total. The summed E-state index contributed by atoms with van der Waals surface area (Å²) >= 11 is 0. The largest absolute Gasteiger partial charge is 0.491 e. The number of rotatable bonds is 3. The standard InChI is InChI=1S/C14H17N5O2/c1-2-20-14-17-12(15)16-13(18-14)19-8-5-9-21-11-7-4-3-6-10(11)19/h3-4,6-7H,2,5,8-9H2,1H3,(H2,15,16,17,18). The molecule has 0 saturated heterocycles. The highest BCUT2D eigenvalue weighted by Crippen LogP contribution is 2.34. The lowest BCUT2D eigenvalue weighted by Crippen LogP contribution is -2.21. The lowest BCUT2D eigenvalue weighted by Gasteiger charge is -2.21. The normalized spacial score (nSPS) is 14.0. The summed E-state index contributed by atoms with van der Waals surface area (Å²) in [5.41, 5.74) is 6.67. The maximum absolute atomic E-state index is 5.76. The van der Waals surface area contributed by atoms with Crippen LogP contribution in [0.25, 0.3) is 0 Å². The molecule has 0 aliphatic carbocycles. The number of ether oxygens (including phenoxy) is 2. The minimum atomic E-state index is 0.145. The van der Waals surface area contributed by atoms with E-state index in [0.717, 1.165) is 24.4 Å². The molecule has 7 heteroatoms. The van der Waals surface area contributed by atoms with Crippen molar-refractivity contribution in [1.82, 2.24) is 15.0 Å². The Hall–Kier alpha value is -2.57. The minimum Gasteiger partial charge on any atom is -0.491 e. The summed E-state index contributed by atoms with van der Waals surface area (Å²) in [6, 6.07) is 8.04. The zero-order chi connectivity index (χ0) is 14.7. The number of hydrogen-bond donors (Lipinski definition) is 1. The van der Waals surface area contributed by atoms with E-state index < -0.39 is 0 Å². The molecule has 0 atom stereocenters. The van der Waals surface area contributed by atoms with Gasteiger partial charge in [-0.15, -0.1) is 0 Å². The number of anilines is 3. The van der Waals surface area contributed by atoms with Gasteiger partial charge in [-0.25, -0.2) is 0 Å². The van der Waals surface area contributed by atoms with E-state index in [1.54, 1.807) is 0 Å². The Morgan fingerprint density at radius 2 is 2.14 bits per heavy atom. The van der Waals surface area contributed by atoms with Gasteiger partial charge in [-0.05, 0) is 25.5 Å². The van der Waals surface area contributed by atoms with Gasteiger partial charge in [-0.3, -0.25) is 0 Å². The van der Waals surface area contributed by atoms with Crippen molar-refractivity contribution in [3.8, 4) is 11.8 Å². The summed E-state index contributed by atoms with van der Waals surface area (Å²) in [6.07, 6.45) is 0.865. The molecule has 0 saturated carbocycles. The number of hydrogen-bond acceptors (Lipinski definition) is 7. The van der Waals surface area contributed by atoms with Gasteiger partial charge in [0, 0.05) is 6.54 Å². The van der Waals surface area contributed by atoms with Crippen LogP contribution >= 0.6 is 0 Å². The lowest BCUT2D eigenvalue weighted by atomic mass is 10.2. The molecule has 2 aromatic rings. The summed E-state index contributed by atoms with van der Waals surface area (Å²) < 4.78 is 11.1. The van der Waals surface area contributed by atoms with Gasteiger partial charge in [-0.2, -0.15) is 15.0 Å². The van der Waals surface area contributed by atoms with Gasteiger partial charge in [-0.1, -0.05) is 12.1 Å². The molecular formula is C14H17N5O2. The molecular weight excluding hydrogens is 270 g/mol. The third-order valence-electron chi connectivity index (χ3n) is 3.07. The first kappa shape index (κ1) is 13.4. The van der Waals surface area contributed by atoms with Gasteiger partial charge in [0.1, 0.15) is 5.75 Å². The van der Waals surface area contributed by atoms with Gasteiger partial charge in [0.05, 0.1) is 18.9 Å². The van der Waals surface area contributed by atoms with Crippen molar-refractivity contribution in [2.24, 2.45) is 0 Å². The van der Waals surface area contributed by atoms with Crippen LogP contribution in [0.15, 0.2) is 24.3 Å². The van der Waals surface area contributed by atoms with Crippen molar-refractivity contribution >= 4 is 17.6 Å². The number of para-hydroxylation sites is 2. The molecule has 0 fully saturated rings. The fraction of sp³-hybridized carbons (Fsp3) is 0.357. The Morgan fingerprint density at radius 3 is 3.00 bits per heavy atom. The molecule has 21 heavy (non-hydrogen) atoms. The van der Waals surface area contributed by atoms with E-state index in [1.165, 1.54) is 0 Å². The smallest absolute Gasteiger partial charge is 0.323 e. The summed E-state index contributed by atoms with van der Waals surface area (Å²) in [5.74, 6) is 1.43. The number of fused-ring (bicyclic) bond motifs is 1. The van der Waals surface area contributed by atoms with Crippen LogP contribution in [0.1, 0.15) is 13.3 Å². The van der Waals surface area contributed by atoms with Gasteiger partial charge in [0.25, 0.3) is 0 Å². The third kappa shape index (κ3) is 2.81. The average molecular weight is 287 g/mol. The predicted molar refractivity (Wildman–Crippen MR) is 79.0 cm³/mol. The van der Waals surface area contributed by atoms with Crippen LogP contribution in [0, 0.1) is 0 Å². The fourth-order valence-electron chi connectivity index (χ4n) is 2.21. The maximum Gasteiger partial charge on any atom is 0.323 e. The van der Waals surface area contributed by atoms with Gasteiger partial charge in [0.15, 0.2) is 0 Å². The van der Waals surface area contributed by atoms with Crippen molar-refractivity contribution in [3.05, 3.63) is 24.3 Å². The van der Waals surface area contributed by atoms with Crippen molar-refractivity contribution in [2.45, 2.75) is 13.3 Å². The van der Waals surface area contributed by atoms with Crippen molar-refractivity contribution in [3.63, 3.8) is 0 Å². The number of nitrogens with zero attached hydrogens (tertiary/aromatic N) is 4.